The predicted octanol–water partition coefficient (Wildman–Crippen LogP) is 1.90. The van der Waals surface area contributed by atoms with Crippen LogP contribution in [-0.4, -0.2) is 14.6 Å². The Balaban J connectivity index is 2.10. The molecule has 0 unspecified atom stereocenters. The van der Waals surface area contributed by atoms with Crippen molar-refractivity contribution in [2.75, 3.05) is 0 Å². The molecule has 0 bridgehead atoms. The van der Waals surface area contributed by atoms with E-state index in [1.54, 1.807) is 18.2 Å². The van der Waals surface area contributed by atoms with Crippen molar-refractivity contribution in [2.45, 2.75) is 11.8 Å². The molecule has 0 saturated carbocycles. The molecule has 1 aromatic heterocycles. The van der Waals surface area contributed by atoms with E-state index in [1.165, 1.54) is 30.9 Å². The summed E-state index contributed by atoms with van der Waals surface area (Å²) < 4.78 is 28.5. The molecule has 1 N–H and O–H groups in total. The number of hydrogen-bond acceptors (Lipinski definition) is 4. The van der Waals surface area contributed by atoms with Crippen LogP contribution in [-0.2, 0) is 10.0 Å². The van der Waals surface area contributed by atoms with E-state index < -0.39 is 10.0 Å². The summed E-state index contributed by atoms with van der Waals surface area (Å²) in [6.07, 6.45) is 4.31. The molecule has 0 spiro atoms. The molecule has 6 heteroatoms. The van der Waals surface area contributed by atoms with Gasteiger partial charge >= 0.3 is 0 Å². The number of nitrogens with zero attached hydrogens (tertiary/aromatic N) is 1. The molecule has 94 valence electrons. The van der Waals surface area contributed by atoms with Crippen molar-refractivity contribution in [3.05, 3.63) is 54.0 Å². The fourth-order valence-electron chi connectivity index (χ4n) is 1.29. The maximum Gasteiger partial charge on any atom is 0.276 e. The van der Waals surface area contributed by atoms with Crippen LogP contribution in [0.25, 0.3) is 0 Å². The zero-order valence-electron chi connectivity index (χ0n) is 9.70. The molecule has 0 radical (unpaired) electrons. The monoisotopic (exact) mass is 264 g/mol. The van der Waals surface area contributed by atoms with Crippen LogP contribution in [0.5, 0.6) is 0 Å². The number of furan rings is 1. The van der Waals surface area contributed by atoms with E-state index in [9.17, 15) is 8.42 Å². The molecule has 0 aliphatic heterocycles. The summed E-state index contributed by atoms with van der Waals surface area (Å²) in [5.74, 6) is 0. The first kappa shape index (κ1) is 12.4. The van der Waals surface area contributed by atoms with Gasteiger partial charge in [0.05, 0.1) is 23.6 Å². The first-order chi connectivity index (χ1) is 8.58. The molecule has 0 aliphatic rings. The Kier molecular flexibility index (Phi) is 3.47. The summed E-state index contributed by atoms with van der Waals surface area (Å²) in [5, 5.41) is 3.66. The second-order valence-electron chi connectivity index (χ2n) is 3.72. The van der Waals surface area contributed by atoms with Crippen LogP contribution in [0.1, 0.15) is 11.1 Å². The molecule has 2 aromatic rings. The lowest BCUT2D eigenvalue weighted by Crippen LogP contribution is -2.18. The van der Waals surface area contributed by atoms with E-state index in [0.29, 0.717) is 5.56 Å². The Morgan fingerprint density at radius 2 is 1.94 bits per heavy atom. The summed E-state index contributed by atoms with van der Waals surface area (Å²) >= 11 is 0. The second-order valence-corrected chi connectivity index (χ2v) is 5.38. The van der Waals surface area contributed by atoms with Crippen molar-refractivity contribution < 1.29 is 12.8 Å². The number of rotatable bonds is 4. The van der Waals surface area contributed by atoms with E-state index >= 15 is 0 Å². The van der Waals surface area contributed by atoms with E-state index in [-0.39, 0.29) is 4.90 Å². The third-order valence-electron chi connectivity index (χ3n) is 2.26. The Morgan fingerprint density at radius 1 is 1.22 bits per heavy atom. The molecule has 0 saturated heterocycles. The number of benzene rings is 1. The molecule has 0 atom stereocenters. The van der Waals surface area contributed by atoms with Gasteiger partial charge in [-0.25, -0.2) is 4.83 Å². The minimum Gasteiger partial charge on any atom is -0.472 e. The van der Waals surface area contributed by atoms with Gasteiger partial charge in [-0.1, -0.05) is 17.7 Å². The SMILES string of the molecule is Cc1ccc(S(=O)(=O)N/N=C\c2ccoc2)cc1. The van der Waals surface area contributed by atoms with Crippen molar-refractivity contribution in [3.8, 4) is 0 Å². The minimum atomic E-state index is -3.61. The summed E-state index contributed by atoms with van der Waals surface area (Å²) in [6, 6.07) is 8.20. The lowest BCUT2D eigenvalue weighted by Gasteiger charge is -2.02. The van der Waals surface area contributed by atoms with Crippen LogP contribution in [0.15, 0.2) is 57.3 Å². The number of aryl methyl sites for hydroxylation is 1. The molecular formula is C12H12N2O3S. The Morgan fingerprint density at radius 3 is 2.56 bits per heavy atom. The van der Waals surface area contributed by atoms with Crippen LogP contribution in [0, 0.1) is 6.92 Å². The normalized spacial score (nSPS) is 11.8. The third-order valence-corrected chi connectivity index (χ3v) is 3.50. The largest absolute Gasteiger partial charge is 0.472 e. The number of nitrogens with one attached hydrogen (secondary N) is 1. The zero-order chi connectivity index (χ0) is 13.0. The quantitative estimate of drug-likeness (QED) is 0.677. The summed E-state index contributed by atoms with van der Waals surface area (Å²) in [5.41, 5.74) is 1.68. The molecule has 0 aliphatic carbocycles. The van der Waals surface area contributed by atoms with Gasteiger partial charge < -0.3 is 4.42 Å². The maximum absolute atomic E-state index is 11.8. The highest BCUT2D eigenvalue weighted by Gasteiger charge is 2.11. The van der Waals surface area contributed by atoms with Crippen molar-refractivity contribution in [2.24, 2.45) is 5.10 Å². The molecule has 1 aromatic carbocycles. The Labute approximate surface area is 105 Å². The van der Waals surface area contributed by atoms with Crippen molar-refractivity contribution in [1.29, 1.82) is 0 Å². The molecular weight excluding hydrogens is 252 g/mol. The zero-order valence-corrected chi connectivity index (χ0v) is 10.5. The maximum atomic E-state index is 11.8. The molecule has 2 rings (SSSR count). The van der Waals surface area contributed by atoms with E-state index in [2.05, 4.69) is 9.93 Å². The number of hydrazone groups is 1. The van der Waals surface area contributed by atoms with E-state index in [1.807, 2.05) is 6.92 Å². The van der Waals surface area contributed by atoms with Gasteiger partial charge in [-0.2, -0.15) is 13.5 Å². The topological polar surface area (TPSA) is 71.7 Å². The lowest BCUT2D eigenvalue weighted by atomic mass is 10.2. The van der Waals surface area contributed by atoms with Gasteiger partial charge in [0.15, 0.2) is 0 Å². The van der Waals surface area contributed by atoms with E-state index in [4.69, 9.17) is 4.42 Å². The molecule has 18 heavy (non-hydrogen) atoms. The van der Waals surface area contributed by atoms with Crippen LogP contribution < -0.4 is 4.83 Å². The fourth-order valence-corrected chi connectivity index (χ4v) is 2.08. The average Bonchev–Trinajstić information content (AvgIpc) is 2.82. The summed E-state index contributed by atoms with van der Waals surface area (Å²) in [6.45, 7) is 1.89. The Bertz CT molecular complexity index is 628. The molecule has 0 fully saturated rings. The standard InChI is InChI=1S/C12H12N2O3S/c1-10-2-4-12(5-3-10)18(15,16)14-13-8-11-6-7-17-9-11/h2-9,14H,1H3/b13-8-. The van der Waals surface area contributed by atoms with E-state index in [0.717, 1.165) is 5.56 Å². The number of sulfonamides is 1. The molecule has 5 nitrogen and oxygen atoms in total. The highest BCUT2D eigenvalue weighted by Crippen LogP contribution is 2.09. The van der Waals surface area contributed by atoms with Gasteiger partial charge in [-0.05, 0) is 25.1 Å². The van der Waals surface area contributed by atoms with Gasteiger partial charge in [0.25, 0.3) is 10.0 Å². The first-order valence-corrected chi connectivity index (χ1v) is 6.70. The first-order valence-electron chi connectivity index (χ1n) is 5.22. The predicted molar refractivity (Wildman–Crippen MR) is 67.8 cm³/mol. The lowest BCUT2D eigenvalue weighted by molar-refractivity contribution is 0.567. The summed E-state index contributed by atoms with van der Waals surface area (Å²) in [7, 11) is -3.61. The van der Waals surface area contributed by atoms with Gasteiger partial charge in [0.1, 0.15) is 0 Å². The average molecular weight is 264 g/mol. The molecule has 1 heterocycles. The van der Waals surface area contributed by atoms with Gasteiger partial charge in [0, 0.05) is 5.56 Å². The number of hydrogen-bond donors (Lipinski definition) is 1. The smallest absolute Gasteiger partial charge is 0.276 e. The van der Waals surface area contributed by atoms with Crippen LogP contribution >= 0.6 is 0 Å². The summed E-state index contributed by atoms with van der Waals surface area (Å²) in [4.78, 5) is 2.31. The van der Waals surface area contributed by atoms with Crippen molar-refractivity contribution in [3.63, 3.8) is 0 Å². The fraction of sp³-hybridized carbons (Fsp3) is 0.0833. The highest BCUT2D eigenvalue weighted by atomic mass is 32.2. The van der Waals surface area contributed by atoms with Crippen LogP contribution in [0.2, 0.25) is 0 Å². The van der Waals surface area contributed by atoms with Gasteiger partial charge in [-0.15, -0.1) is 0 Å². The molecule has 0 amide bonds. The Hall–Kier alpha value is -2.08. The van der Waals surface area contributed by atoms with Gasteiger partial charge in [0.2, 0.25) is 0 Å². The van der Waals surface area contributed by atoms with Gasteiger partial charge in [-0.3, -0.25) is 0 Å². The van der Waals surface area contributed by atoms with Crippen molar-refractivity contribution >= 4 is 16.2 Å². The minimum absolute atomic E-state index is 0.178. The second kappa shape index (κ2) is 5.05. The van der Waals surface area contributed by atoms with Crippen LogP contribution in [0.4, 0.5) is 0 Å². The van der Waals surface area contributed by atoms with Crippen molar-refractivity contribution in [1.82, 2.24) is 4.83 Å². The van der Waals surface area contributed by atoms with Crippen LogP contribution in [0.3, 0.4) is 0 Å². The third kappa shape index (κ3) is 2.98. The highest BCUT2D eigenvalue weighted by molar-refractivity contribution is 7.89.